The van der Waals surface area contributed by atoms with Crippen LogP contribution in [0, 0.1) is 35.5 Å². The number of allylic oxidation sites excluding steroid dienone is 1. The van der Waals surface area contributed by atoms with Crippen LogP contribution in [0.15, 0.2) is 23.8 Å². The highest BCUT2D eigenvalue weighted by molar-refractivity contribution is 5.25. The van der Waals surface area contributed by atoms with Gasteiger partial charge in [-0.1, -0.05) is 25.3 Å². The number of halogens is 1. The van der Waals surface area contributed by atoms with E-state index < -0.39 is 5.95 Å². The molecule has 0 N–H and O–H groups in total. The molecule has 4 aliphatic carbocycles. The summed E-state index contributed by atoms with van der Waals surface area (Å²) in [5, 5.41) is 0. The zero-order valence-corrected chi connectivity index (χ0v) is 18.2. The number of pyridine rings is 1. The first kappa shape index (κ1) is 20.3. The van der Waals surface area contributed by atoms with Crippen LogP contribution in [0.5, 0.6) is 11.6 Å². The van der Waals surface area contributed by atoms with Crippen LogP contribution in [0.3, 0.4) is 0 Å². The Morgan fingerprint density at radius 1 is 0.833 bits per heavy atom. The molecule has 4 heteroatoms. The molecule has 4 aliphatic rings. The van der Waals surface area contributed by atoms with Gasteiger partial charge >= 0.3 is 0 Å². The van der Waals surface area contributed by atoms with E-state index in [4.69, 9.17) is 9.47 Å². The van der Waals surface area contributed by atoms with E-state index >= 15 is 0 Å². The van der Waals surface area contributed by atoms with Gasteiger partial charge in [0.25, 0.3) is 5.95 Å². The van der Waals surface area contributed by atoms with Crippen LogP contribution in [0.1, 0.15) is 77.0 Å². The summed E-state index contributed by atoms with van der Waals surface area (Å²) in [4.78, 5) is 3.94. The molecule has 0 amide bonds. The molecule has 30 heavy (non-hydrogen) atoms. The second-order valence-electron chi connectivity index (χ2n) is 10.2. The van der Waals surface area contributed by atoms with E-state index in [-0.39, 0.29) is 5.75 Å². The van der Waals surface area contributed by atoms with E-state index in [1.54, 1.807) is 12.1 Å². The molecule has 3 nitrogen and oxygen atoms in total. The molecule has 0 spiro atoms. The molecular weight excluding hydrogens is 377 g/mol. The molecule has 1 unspecified atom stereocenters. The van der Waals surface area contributed by atoms with E-state index in [1.807, 2.05) is 0 Å². The lowest BCUT2D eigenvalue weighted by Gasteiger charge is -2.41. The van der Waals surface area contributed by atoms with Crippen molar-refractivity contribution in [3.63, 3.8) is 0 Å². The van der Waals surface area contributed by atoms with E-state index in [1.165, 1.54) is 76.2 Å². The lowest BCUT2D eigenvalue weighted by Crippen LogP contribution is -2.29. The maximum absolute atomic E-state index is 14.1. The first-order valence-electron chi connectivity index (χ1n) is 12.3. The largest absolute Gasteiger partial charge is 0.488 e. The Labute approximate surface area is 180 Å². The Morgan fingerprint density at radius 3 is 2.17 bits per heavy atom. The molecule has 0 aliphatic heterocycles. The highest BCUT2D eigenvalue weighted by Gasteiger charge is 2.33. The number of hydrogen-bond donors (Lipinski definition) is 0. The minimum Gasteiger partial charge on any atom is -0.488 e. The van der Waals surface area contributed by atoms with Crippen LogP contribution in [0.2, 0.25) is 0 Å². The molecule has 0 aromatic carbocycles. The number of ether oxygens (including phenoxy) is 2. The Morgan fingerprint density at radius 2 is 1.57 bits per heavy atom. The average molecular weight is 414 g/mol. The fourth-order valence-electron chi connectivity index (χ4n) is 5.72. The lowest BCUT2D eigenvalue weighted by atomic mass is 9.65. The van der Waals surface area contributed by atoms with Gasteiger partial charge in [0.1, 0.15) is 6.61 Å². The van der Waals surface area contributed by atoms with Gasteiger partial charge in [0.2, 0.25) is 5.88 Å². The molecule has 5 rings (SSSR count). The van der Waals surface area contributed by atoms with Gasteiger partial charge in [0.15, 0.2) is 5.75 Å². The highest BCUT2D eigenvalue weighted by Crippen LogP contribution is 2.45. The van der Waals surface area contributed by atoms with E-state index in [0.717, 1.165) is 30.1 Å². The SMILES string of the molecule is Fc1nc(OCC2=CCC(C3CCC(C4CCC4)CC3)CC2)ccc1OCC1CC1. The van der Waals surface area contributed by atoms with Crippen LogP contribution in [0.4, 0.5) is 4.39 Å². The Kier molecular flexibility index (Phi) is 6.29. The number of hydrogen-bond acceptors (Lipinski definition) is 3. The van der Waals surface area contributed by atoms with Crippen LogP contribution in [-0.4, -0.2) is 18.2 Å². The molecule has 1 heterocycles. The molecule has 0 bridgehead atoms. The van der Waals surface area contributed by atoms with Gasteiger partial charge in [-0.15, -0.1) is 0 Å². The zero-order valence-electron chi connectivity index (χ0n) is 18.2. The van der Waals surface area contributed by atoms with Crippen molar-refractivity contribution < 1.29 is 13.9 Å². The summed E-state index contributed by atoms with van der Waals surface area (Å²) in [5.41, 5.74) is 1.34. The van der Waals surface area contributed by atoms with E-state index in [9.17, 15) is 4.39 Å². The molecule has 0 saturated heterocycles. The first-order valence-corrected chi connectivity index (χ1v) is 12.3. The fourth-order valence-corrected chi connectivity index (χ4v) is 5.72. The van der Waals surface area contributed by atoms with Crippen molar-refractivity contribution >= 4 is 0 Å². The summed E-state index contributed by atoms with van der Waals surface area (Å²) in [7, 11) is 0. The van der Waals surface area contributed by atoms with Gasteiger partial charge in [-0.2, -0.15) is 9.37 Å². The first-order chi connectivity index (χ1) is 14.7. The Balaban J connectivity index is 1.05. The second-order valence-corrected chi connectivity index (χ2v) is 10.2. The molecule has 1 aromatic heterocycles. The number of aromatic nitrogens is 1. The van der Waals surface area contributed by atoms with Gasteiger partial charge in [0.05, 0.1) is 6.61 Å². The van der Waals surface area contributed by atoms with Gasteiger partial charge < -0.3 is 9.47 Å². The predicted molar refractivity (Wildman–Crippen MR) is 116 cm³/mol. The van der Waals surface area contributed by atoms with Crippen LogP contribution >= 0.6 is 0 Å². The molecule has 164 valence electrons. The van der Waals surface area contributed by atoms with Crippen molar-refractivity contribution in [2.75, 3.05) is 13.2 Å². The normalized spacial score (nSPS) is 29.8. The van der Waals surface area contributed by atoms with Crippen LogP contribution in [-0.2, 0) is 0 Å². The second kappa shape index (κ2) is 9.28. The van der Waals surface area contributed by atoms with Gasteiger partial charge in [-0.05, 0) is 99.0 Å². The van der Waals surface area contributed by atoms with Gasteiger partial charge in [-0.3, -0.25) is 0 Å². The van der Waals surface area contributed by atoms with Crippen molar-refractivity contribution in [2.45, 2.75) is 77.0 Å². The maximum atomic E-state index is 14.1. The van der Waals surface area contributed by atoms with Crippen molar-refractivity contribution in [1.29, 1.82) is 0 Å². The number of rotatable bonds is 8. The van der Waals surface area contributed by atoms with E-state index in [0.29, 0.717) is 25.0 Å². The van der Waals surface area contributed by atoms with Gasteiger partial charge in [-0.25, -0.2) is 0 Å². The predicted octanol–water partition coefficient (Wildman–Crippen LogP) is 6.72. The third kappa shape index (κ3) is 5.00. The lowest BCUT2D eigenvalue weighted by molar-refractivity contribution is 0.114. The summed E-state index contributed by atoms with van der Waals surface area (Å²) in [6, 6.07) is 3.36. The van der Waals surface area contributed by atoms with Gasteiger partial charge in [0, 0.05) is 6.07 Å². The number of nitrogens with zero attached hydrogens (tertiary/aromatic N) is 1. The quantitative estimate of drug-likeness (QED) is 0.350. The monoisotopic (exact) mass is 413 g/mol. The smallest absolute Gasteiger partial charge is 0.258 e. The molecule has 1 aromatic rings. The molecule has 3 saturated carbocycles. The maximum Gasteiger partial charge on any atom is 0.258 e. The third-order valence-corrected chi connectivity index (χ3v) is 8.21. The van der Waals surface area contributed by atoms with Crippen LogP contribution in [0.25, 0.3) is 0 Å². The Hall–Kier alpha value is -1.58. The minimum absolute atomic E-state index is 0.237. The molecular formula is C26H36FNO2. The summed E-state index contributed by atoms with van der Waals surface area (Å²) in [6.07, 6.45) is 18.7. The summed E-state index contributed by atoms with van der Waals surface area (Å²) in [5.74, 6) is 4.51. The van der Waals surface area contributed by atoms with Crippen LogP contribution < -0.4 is 9.47 Å². The average Bonchev–Trinajstić information content (AvgIpc) is 3.56. The van der Waals surface area contributed by atoms with Crippen molar-refractivity contribution in [2.24, 2.45) is 29.6 Å². The topological polar surface area (TPSA) is 31.4 Å². The van der Waals surface area contributed by atoms with Crippen molar-refractivity contribution in [1.82, 2.24) is 4.98 Å². The molecule has 3 fully saturated rings. The summed E-state index contributed by atoms with van der Waals surface area (Å²) < 4.78 is 25.4. The Bertz CT molecular complexity index is 747. The molecule has 1 atom stereocenters. The minimum atomic E-state index is -0.566. The van der Waals surface area contributed by atoms with Crippen molar-refractivity contribution in [3.8, 4) is 11.6 Å². The zero-order chi connectivity index (χ0) is 20.3. The summed E-state index contributed by atoms with van der Waals surface area (Å²) in [6.45, 7) is 1.12. The standard InChI is InChI=1S/C26H36FNO2/c27-26-24(29-16-18-4-5-18)14-15-25(28-26)30-17-19-6-8-21(9-7-19)23-12-10-22(11-13-23)20-2-1-3-20/h6,14-15,18,20-23H,1-5,7-13,16-17H2. The highest BCUT2D eigenvalue weighted by atomic mass is 19.1. The summed E-state index contributed by atoms with van der Waals surface area (Å²) >= 11 is 0. The third-order valence-electron chi connectivity index (χ3n) is 8.21. The fraction of sp³-hybridized carbons (Fsp3) is 0.731. The van der Waals surface area contributed by atoms with E-state index in [2.05, 4.69) is 11.1 Å². The molecule has 0 radical (unpaired) electrons. The van der Waals surface area contributed by atoms with Crippen molar-refractivity contribution in [3.05, 3.63) is 29.7 Å².